The third-order valence-electron chi connectivity index (χ3n) is 10.4. The lowest BCUT2D eigenvalue weighted by Crippen LogP contribution is -2.61. The lowest BCUT2D eigenvalue weighted by Gasteiger charge is -2.58. The van der Waals surface area contributed by atoms with Gasteiger partial charge in [0.25, 0.3) is 5.09 Å². The number of aliphatic hydroxyl groups is 2. The van der Waals surface area contributed by atoms with Crippen LogP contribution in [-0.2, 0) is 35.4 Å². The molecule has 1 aromatic rings. The minimum Gasteiger partial charge on any atom is -0.458 e. The Bertz CT molecular complexity index is 1430. The molecule has 0 amide bonds. The van der Waals surface area contributed by atoms with Crippen molar-refractivity contribution in [3.63, 3.8) is 0 Å². The number of allylic oxidation sites excluding steroid dienone is 4. The maximum absolute atomic E-state index is 13.4. The standard InChI is InChI=1S/C32H37NO11/c1-30-12-10-21(34)15-20(30)6-7-23-24-11-13-32(39,31(24,2)16-25(35)29(23)30)26(36)18-42-27(37)8-9-28(38)44-22-5-3-4-19(14-22)17-43-33(40)41/h3-6,10,12,14,23-25,29,35,39H,7-9,11,13,15-18H2,1-2H3/t23-,24-,25-,29+,30-,31-,32-/m0/s1. The van der Waals surface area contributed by atoms with Crippen molar-refractivity contribution in [2.24, 2.45) is 28.6 Å². The first-order valence-corrected chi connectivity index (χ1v) is 14.8. The highest BCUT2D eigenvalue weighted by Gasteiger charge is 2.68. The van der Waals surface area contributed by atoms with Gasteiger partial charge in [-0.25, -0.2) is 0 Å². The zero-order chi connectivity index (χ0) is 31.9. The Hall–Kier alpha value is -3.90. The predicted octanol–water partition coefficient (Wildman–Crippen LogP) is 3.20. The fourth-order valence-electron chi connectivity index (χ4n) is 8.25. The Morgan fingerprint density at radius 3 is 2.66 bits per heavy atom. The molecule has 7 atom stereocenters. The van der Waals surface area contributed by atoms with Gasteiger partial charge >= 0.3 is 11.9 Å². The van der Waals surface area contributed by atoms with E-state index in [1.807, 2.05) is 13.0 Å². The maximum Gasteiger partial charge on any atom is 0.311 e. The average Bonchev–Trinajstić information content (AvgIpc) is 3.24. The fraction of sp³-hybridized carbons (Fsp3) is 0.562. The predicted molar refractivity (Wildman–Crippen MR) is 152 cm³/mol. The van der Waals surface area contributed by atoms with Crippen LogP contribution in [0.2, 0.25) is 0 Å². The second-order valence-electron chi connectivity index (χ2n) is 12.8. The Morgan fingerprint density at radius 1 is 1.16 bits per heavy atom. The van der Waals surface area contributed by atoms with Crippen LogP contribution in [0.25, 0.3) is 0 Å². The van der Waals surface area contributed by atoms with Gasteiger partial charge in [-0.15, -0.1) is 10.1 Å². The summed E-state index contributed by atoms with van der Waals surface area (Å²) < 4.78 is 10.3. The van der Waals surface area contributed by atoms with Crippen molar-refractivity contribution in [3.05, 3.63) is 63.7 Å². The van der Waals surface area contributed by atoms with E-state index in [0.29, 0.717) is 24.8 Å². The van der Waals surface area contributed by atoms with Crippen molar-refractivity contribution in [3.8, 4) is 5.75 Å². The molecule has 236 valence electrons. The van der Waals surface area contributed by atoms with Crippen LogP contribution in [0.3, 0.4) is 0 Å². The highest BCUT2D eigenvalue weighted by atomic mass is 16.9. The van der Waals surface area contributed by atoms with E-state index in [1.54, 1.807) is 12.1 Å². The molecule has 12 nitrogen and oxygen atoms in total. The molecule has 5 rings (SSSR count). The van der Waals surface area contributed by atoms with Crippen LogP contribution >= 0.6 is 0 Å². The molecule has 0 radical (unpaired) electrons. The summed E-state index contributed by atoms with van der Waals surface area (Å²) in [5.74, 6) is -2.22. The molecule has 0 unspecified atom stereocenters. The van der Waals surface area contributed by atoms with Crippen LogP contribution in [0.5, 0.6) is 5.75 Å². The molecular formula is C32H37NO11. The topological polar surface area (TPSA) is 180 Å². The number of ether oxygens (including phenoxy) is 2. The summed E-state index contributed by atoms with van der Waals surface area (Å²) in [6.07, 6.45) is 6.04. The van der Waals surface area contributed by atoms with Crippen LogP contribution in [-0.4, -0.2) is 57.1 Å². The molecule has 0 bridgehead atoms. The van der Waals surface area contributed by atoms with E-state index in [4.69, 9.17) is 9.47 Å². The SMILES string of the molecule is C[C@]12C=CC(=O)CC1=CC[C@@H]1[C@@H]2[C@@H](O)C[C@@]2(C)[C@H]1CC[C@]2(O)C(=O)COC(=O)CCC(=O)Oc1cccc(CO[N+](=O)[O-])c1. The number of esters is 2. The van der Waals surface area contributed by atoms with Gasteiger partial charge in [0.1, 0.15) is 18.0 Å². The molecule has 2 saturated carbocycles. The number of hydrogen-bond donors (Lipinski definition) is 2. The molecule has 2 fully saturated rings. The highest BCUT2D eigenvalue weighted by molar-refractivity contribution is 5.93. The lowest BCUT2D eigenvalue weighted by atomic mass is 9.47. The molecule has 12 heteroatoms. The van der Waals surface area contributed by atoms with E-state index >= 15 is 0 Å². The van der Waals surface area contributed by atoms with Gasteiger partial charge in [0.05, 0.1) is 18.9 Å². The largest absolute Gasteiger partial charge is 0.458 e. The molecule has 0 saturated heterocycles. The monoisotopic (exact) mass is 611 g/mol. The zero-order valence-corrected chi connectivity index (χ0v) is 24.7. The van der Waals surface area contributed by atoms with Crippen LogP contribution in [0, 0.1) is 38.7 Å². The van der Waals surface area contributed by atoms with E-state index in [-0.39, 0.29) is 61.6 Å². The van der Waals surface area contributed by atoms with Crippen molar-refractivity contribution >= 4 is 23.5 Å². The second-order valence-corrected chi connectivity index (χ2v) is 12.8. The van der Waals surface area contributed by atoms with Crippen LogP contribution in [0.1, 0.15) is 64.4 Å². The first-order chi connectivity index (χ1) is 20.8. The number of hydrogen-bond acceptors (Lipinski definition) is 11. The number of carbonyl (C=O) groups excluding carboxylic acids is 4. The number of aliphatic hydroxyl groups excluding tert-OH is 1. The van der Waals surface area contributed by atoms with Gasteiger partial charge < -0.3 is 24.5 Å². The summed E-state index contributed by atoms with van der Waals surface area (Å²) >= 11 is 0. The number of nitrogens with zero attached hydrogens (tertiary/aromatic N) is 1. The number of ketones is 2. The van der Waals surface area contributed by atoms with Crippen molar-refractivity contribution in [2.75, 3.05) is 6.61 Å². The minimum absolute atomic E-state index is 0.00651. The smallest absolute Gasteiger partial charge is 0.311 e. The summed E-state index contributed by atoms with van der Waals surface area (Å²) in [6.45, 7) is 2.90. The Morgan fingerprint density at radius 2 is 1.91 bits per heavy atom. The second kappa shape index (κ2) is 11.9. The number of benzene rings is 1. The third kappa shape index (κ3) is 5.68. The fourth-order valence-corrected chi connectivity index (χ4v) is 8.25. The van der Waals surface area contributed by atoms with Gasteiger partial charge in [-0.1, -0.05) is 43.7 Å². The average molecular weight is 612 g/mol. The van der Waals surface area contributed by atoms with E-state index < -0.39 is 52.0 Å². The Kier molecular flexibility index (Phi) is 8.52. The molecule has 4 aliphatic rings. The molecule has 0 heterocycles. The molecule has 0 aromatic heterocycles. The van der Waals surface area contributed by atoms with Gasteiger partial charge in [-0.05, 0) is 61.3 Å². The number of carbonyl (C=O) groups is 4. The maximum atomic E-state index is 13.4. The molecule has 4 aliphatic carbocycles. The van der Waals surface area contributed by atoms with Crippen LogP contribution < -0.4 is 4.74 Å². The zero-order valence-electron chi connectivity index (χ0n) is 24.7. The molecule has 1 aromatic carbocycles. The van der Waals surface area contributed by atoms with Crippen LogP contribution in [0.4, 0.5) is 0 Å². The first kappa shape index (κ1) is 31.5. The lowest BCUT2D eigenvalue weighted by molar-refractivity contribution is -0.763. The number of rotatable bonds is 10. The number of Topliss-reactive ketones (excluding diaryl/α,β-unsaturated/α-hetero) is 1. The van der Waals surface area contributed by atoms with Crippen molar-refractivity contribution in [1.82, 2.24) is 0 Å². The summed E-state index contributed by atoms with van der Waals surface area (Å²) in [7, 11) is 0. The van der Waals surface area contributed by atoms with E-state index in [0.717, 1.165) is 5.57 Å². The van der Waals surface area contributed by atoms with Gasteiger partial charge in [0, 0.05) is 23.2 Å². The molecule has 0 spiro atoms. The summed E-state index contributed by atoms with van der Waals surface area (Å²) in [5, 5.41) is 32.7. The van der Waals surface area contributed by atoms with E-state index in [1.165, 1.54) is 18.2 Å². The molecule has 0 aliphatic heterocycles. The summed E-state index contributed by atoms with van der Waals surface area (Å²) in [4.78, 5) is 64.8. The van der Waals surface area contributed by atoms with Crippen molar-refractivity contribution < 1.29 is 48.8 Å². The normalized spacial score (nSPS) is 33.7. The summed E-state index contributed by atoms with van der Waals surface area (Å²) in [5.41, 5.74) is -1.77. The van der Waals surface area contributed by atoms with Gasteiger partial charge in [0.15, 0.2) is 12.4 Å². The number of fused-ring (bicyclic) bond motifs is 5. The van der Waals surface area contributed by atoms with Gasteiger partial charge in [-0.3, -0.25) is 19.2 Å². The van der Waals surface area contributed by atoms with Crippen LogP contribution in [0.15, 0.2) is 48.1 Å². The van der Waals surface area contributed by atoms with Gasteiger partial charge in [0.2, 0.25) is 5.78 Å². The Labute approximate surface area is 254 Å². The van der Waals surface area contributed by atoms with Gasteiger partial charge in [-0.2, -0.15) is 0 Å². The van der Waals surface area contributed by atoms with E-state index in [9.17, 15) is 39.5 Å². The molecule has 2 N–H and O–H groups in total. The third-order valence-corrected chi connectivity index (χ3v) is 10.4. The Balaban J connectivity index is 1.16. The highest BCUT2D eigenvalue weighted by Crippen LogP contribution is 2.66. The van der Waals surface area contributed by atoms with Crippen molar-refractivity contribution in [1.29, 1.82) is 0 Å². The quantitative estimate of drug-likeness (QED) is 0.130. The van der Waals surface area contributed by atoms with E-state index in [2.05, 4.69) is 17.8 Å². The molecule has 44 heavy (non-hydrogen) atoms. The molecular weight excluding hydrogens is 574 g/mol. The van der Waals surface area contributed by atoms with Crippen molar-refractivity contribution in [2.45, 2.75) is 77.1 Å². The minimum atomic E-state index is -1.80. The first-order valence-electron chi connectivity index (χ1n) is 14.8. The summed E-state index contributed by atoms with van der Waals surface area (Å²) in [6, 6.07) is 5.96.